The van der Waals surface area contributed by atoms with E-state index in [9.17, 15) is 4.79 Å². The van der Waals surface area contributed by atoms with E-state index in [-0.39, 0.29) is 17.6 Å². The van der Waals surface area contributed by atoms with E-state index in [0.29, 0.717) is 11.9 Å². The summed E-state index contributed by atoms with van der Waals surface area (Å²) >= 11 is 0. The third-order valence-electron chi connectivity index (χ3n) is 2.97. The van der Waals surface area contributed by atoms with Gasteiger partial charge in [0.2, 0.25) is 0 Å². The van der Waals surface area contributed by atoms with E-state index in [1.807, 2.05) is 0 Å². The molecular formula is C10H14N4O. The fraction of sp³-hybridized carbons (Fsp3) is 0.600. The summed E-state index contributed by atoms with van der Waals surface area (Å²) in [6.45, 7) is 0. The van der Waals surface area contributed by atoms with Crippen molar-refractivity contribution in [2.24, 2.45) is 5.73 Å². The Morgan fingerprint density at radius 1 is 1.53 bits per heavy atom. The highest BCUT2D eigenvalue weighted by Crippen LogP contribution is 2.33. The smallest absolute Gasteiger partial charge is 0.293 e. The lowest BCUT2D eigenvalue weighted by molar-refractivity contribution is 0.699. The van der Waals surface area contributed by atoms with Gasteiger partial charge in [-0.2, -0.15) is 0 Å². The van der Waals surface area contributed by atoms with Crippen LogP contribution in [-0.4, -0.2) is 21.6 Å². The molecule has 0 spiro atoms. The van der Waals surface area contributed by atoms with Crippen molar-refractivity contribution in [3.63, 3.8) is 0 Å². The lowest BCUT2D eigenvalue weighted by Gasteiger charge is -2.06. The standard InChI is InChI=1S/C10H14N4O/c11-7-5-8(7)13-9-10(15)14(4-3-12-9)6-1-2-6/h3-4,6-8H,1-2,5,11H2,(H,12,13). The summed E-state index contributed by atoms with van der Waals surface area (Å²) in [5.41, 5.74) is 5.66. The summed E-state index contributed by atoms with van der Waals surface area (Å²) in [5, 5.41) is 3.09. The zero-order valence-electron chi connectivity index (χ0n) is 8.39. The van der Waals surface area contributed by atoms with Crippen molar-refractivity contribution in [3.8, 4) is 0 Å². The Bertz CT molecular complexity index is 437. The van der Waals surface area contributed by atoms with Gasteiger partial charge in [-0.3, -0.25) is 4.79 Å². The molecule has 2 aliphatic rings. The third-order valence-corrected chi connectivity index (χ3v) is 2.97. The van der Waals surface area contributed by atoms with Gasteiger partial charge in [0, 0.05) is 30.5 Å². The van der Waals surface area contributed by atoms with Crippen LogP contribution < -0.4 is 16.6 Å². The maximum atomic E-state index is 11.9. The van der Waals surface area contributed by atoms with E-state index in [2.05, 4.69) is 10.3 Å². The van der Waals surface area contributed by atoms with Crippen molar-refractivity contribution >= 4 is 5.82 Å². The van der Waals surface area contributed by atoms with Crippen molar-refractivity contribution in [1.29, 1.82) is 0 Å². The Morgan fingerprint density at radius 3 is 2.87 bits per heavy atom. The molecule has 3 N–H and O–H groups in total. The average molecular weight is 206 g/mol. The van der Waals surface area contributed by atoms with Crippen LogP contribution >= 0.6 is 0 Å². The van der Waals surface area contributed by atoms with Crippen molar-refractivity contribution in [2.75, 3.05) is 5.32 Å². The molecule has 1 heterocycles. The van der Waals surface area contributed by atoms with Crippen LogP contribution in [0.1, 0.15) is 25.3 Å². The molecule has 2 fully saturated rings. The largest absolute Gasteiger partial charge is 0.361 e. The second-order valence-corrected chi connectivity index (χ2v) is 4.37. The van der Waals surface area contributed by atoms with Gasteiger partial charge >= 0.3 is 0 Å². The Hall–Kier alpha value is -1.36. The molecule has 0 aliphatic heterocycles. The average Bonchev–Trinajstić information content (AvgIpc) is 3.08. The second kappa shape index (κ2) is 3.06. The van der Waals surface area contributed by atoms with Crippen LogP contribution in [0, 0.1) is 0 Å². The molecule has 1 aromatic heterocycles. The zero-order valence-corrected chi connectivity index (χ0v) is 8.39. The molecule has 80 valence electrons. The number of nitrogens with zero attached hydrogens (tertiary/aromatic N) is 2. The minimum absolute atomic E-state index is 0.0147. The monoisotopic (exact) mass is 206 g/mol. The molecule has 2 aliphatic carbocycles. The maximum absolute atomic E-state index is 11.9. The Labute approximate surface area is 87.3 Å². The van der Waals surface area contributed by atoms with Crippen molar-refractivity contribution < 1.29 is 0 Å². The van der Waals surface area contributed by atoms with Crippen LogP contribution in [-0.2, 0) is 0 Å². The minimum atomic E-state index is -0.0147. The van der Waals surface area contributed by atoms with Crippen LogP contribution in [0.3, 0.4) is 0 Å². The van der Waals surface area contributed by atoms with E-state index in [1.165, 1.54) is 0 Å². The Kier molecular flexibility index (Phi) is 1.82. The molecule has 15 heavy (non-hydrogen) atoms. The first-order chi connectivity index (χ1) is 7.25. The first-order valence-electron chi connectivity index (χ1n) is 5.35. The molecule has 0 radical (unpaired) electrons. The molecule has 0 aromatic carbocycles. The lowest BCUT2D eigenvalue weighted by Crippen LogP contribution is -2.26. The van der Waals surface area contributed by atoms with Crippen LogP contribution in [0.2, 0.25) is 0 Å². The molecule has 0 saturated heterocycles. The van der Waals surface area contributed by atoms with Crippen molar-refractivity contribution in [3.05, 3.63) is 22.7 Å². The Balaban J connectivity index is 1.87. The lowest BCUT2D eigenvalue weighted by atomic mass is 10.5. The highest BCUT2D eigenvalue weighted by Gasteiger charge is 2.34. The molecule has 0 amide bonds. The SMILES string of the molecule is NC1CC1Nc1nccn(C2CC2)c1=O. The molecule has 5 heteroatoms. The summed E-state index contributed by atoms with van der Waals surface area (Å²) in [6, 6.07) is 0.815. The summed E-state index contributed by atoms with van der Waals surface area (Å²) in [7, 11) is 0. The highest BCUT2D eigenvalue weighted by atomic mass is 16.1. The van der Waals surface area contributed by atoms with Crippen LogP contribution in [0.5, 0.6) is 0 Å². The van der Waals surface area contributed by atoms with Crippen LogP contribution in [0.25, 0.3) is 0 Å². The fourth-order valence-electron chi connectivity index (χ4n) is 1.72. The molecule has 3 rings (SSSR count). The van der Waals surface area contributed by atoms with Crippen LogP contribution in [0.15, 0.2) is 17.2 Å². The quantitative estimate of drug-likeness (QED) is 0.735. The first kappa shape index (κ1) is 8.91. The summed E-state index contributed by atoms with van der Waals surface area (Å²) in [5.74, 6) is 0.447. The minimum Gasteiger partial charge on any atom is -0.361 e. The predicted octanol–water partition coefficient (Wildman–Crippen LogP) is 0.0897. The Morgan fingerprint density at radius 2 is 2.27 bits per heavy atom. The van der Waals surface area contributed by atoms with Crippen molar-refractivity contribution in [1.82, 2.24) is 9.55 Å². The van der Waals surface area contributed by atoms with Gasteiger partial charge in [-0.25, -0.2) is 4.98 Å². The van der Waals surface area contributed by atoms with Gasteiger partial charge in [-0.15, -0.1) is 0 Å². The molecule has 5 nitrogen and oxygen atoms in total. The number of rotatable bonds is 3. The van der Waals surface area contributed by atoms with Gasteiger partial charge in [0.05, 0.1) is 0 Å². The number of hydrogen-bond acceptors (Lipinski definition) is 4. The van der Waals surface area contributed by atoms with E-state index >= 15 is 0 Å². The molecular weight excluding hydrogens is 192 g/mol. The van der Waals surface area contributed by atoms with Gasteiger partial charge in [0.15, 0.2) is 5.82 Å². The first-order valence-corrected chi connectivity index (χ1v) is 5.35. The molecule has 0 bridgehead atoms. The normalized spacial score (nSPS) is 28.9. The number of nitrogens with two attached hydrogens (primary N) is 1. The van der Waals surface area contributed by atoms with Gasteiger partial charge in [0.25, 0.3) is 5.56 Å². The maximum Gasteiger partial charge on any atom is 0.293 e. The topological polar surface area (TPSA) is 72.9 Å². The summed E-state index contributed by atoms with van der Waals surface area (Å²) in [6.07, 6.45) is 6.58. The number of anilines is 1. The van der Waals surface area contributed by atoms with Gasteiger partial charge in [-0.1, -0.05) is 0 Å². The van der Waals surface area contributed by atoms with Crippen molar-refractivity contribution in [2.45, 2.75) is 37.4 Å². The number of nitrogens with one attached hydrogen (secondary N) is 1. The van der Waals surface area contributed by atoms with E-state index in [1.54, 1.807) is 17.0 Å². The summed E-state index contributed by atoms with van der Waals surface area (Å²) < 4.78 is 1.77. The number of hydrogen-bond donors (Lipinski definition) is 2. The van der Waals surface area contributed by atoms with Gasteiger partial charge in [0.1, 0.15) is 0 Å². The number of aromatic nitrogens is 2. The van der Waals surface area contributed by atoms with Gasteiger partial charge < -0.3 is 15.6 Å². The van der Waals surface area contributed by atoms with E-state index in [0.717, 1.165) is 19.3 Å². The van der Waals surface area contributed by atoms with Gasteiger partial charge in [-0.05, 0) is 19.3 Å². The molecule has 2 atom stereocenters. The van der Waals surface area contributed by atoms with Crippen LogP contribution in [0.4, 0.5) is 5.82 Å². The fourth-order valence-corrected chi connectivity index (χ4v) is 1.72. The highest BCUT2D eigenvalue weighted by molar-refractivity contribution is 5.36. The zero-order chi connectivity index (χ0) is 10.4. The van der Waals surface area contributed by atoms with E-state index < -0.39 is 0 Å². The molecule has 2 unspecified atom stereocenters. The second-order valence-electron chi connectivity index (χ2n) is 4.37. The third kappa shape index (κ3) is 1.63. The van der Waals surface area contributed by atoms with E-state index in [4.69, 9.17) is 5.73 Å². The molecule has 2 saturated carbocycles. The summed E-state index contributed by atoms with van der Waals surface area (Å²) in [4.78, 5) is 16.0. The molecule has 1 aromatic rings. The predicted molar refractivity (Wildman–Crippen MR) is 56.8 cm³/mol.